The lowest BCUT2D eigenvalue weighted by Crippen LogP contribution is -1.93. The van der Waals surface area contributed by atoms with Crippen molar-refractivity contribution in [3.8, 4) is 0 Å². The van der Waals surface area contributed by atoms with E-state index >= 15 is 0 Å². The van der Waals surface area contributed by atoms with Gasteiger partial charge in [0.05, 0.1) is 0 Å². The third kappa shape index (κ3) is 24.6. The first-order chi connectivity index (χ1) is 7.18. The van der Waals surface area contributed by atoms with Gasteiger partial charge in [-0.25, -0.2) is 0 Å². The lowest BCUT2D eigenvalue weighted by atomic mass is 10.1. The predicted molar refractivity (Wildman–Crippen MR) is 62.0 cm³/mol. The zero-order valence-corrected chi connectivity index (χ0v) is 10.00. The van der Waals surface area contributed by atoms with Crippen molar-refractivity contribution in [1.82, 2.24) is 0 Å². The van der Waals surface area contributed by atoms with E-state index < -0.39 is 5.97 Å². The number of aliphatic carboxylic acids is 1. The highest BCUT2D eigenvalue weighted by atomic mass is 16.4. The molecule has 0 atom stereocenters. The topological polar surface area (TPSA) is 54.4 Å². The minimum Gasteiger partial charge on any atom is -0.481 e. The van der Waals surface area contributed by atoms with Crippen molar-refractivity contribution in [3.05, 3.63) is 0 Å². The summed E-state index contributed by atoms with van der Waals surface area (Å²) in [6.07, 6.45) is 9.39. The SMILES string of the molecule is CC=O.CCCCCCCCCC(=O)O. The molecule has 3 heteroatoms. The monoisotopic (exact) mass is 216 g/mol. The molecule has 0 bridgehead atoms. The Morgan fingerprint density at radius 2 is 1.47 bits per heavy atom. The summed E-state index contributed by atoms with van der Waals surface area (Å²) in [5.41, 5.74) is 0. The smallest absolute Gasteiger partial charge is 0.303 e. The molecule has 0 spiro atoms. The lowest BCUT2D eigenvalue weighted by molar-refractivity contribution is -0.137. The highest BCUT2D eigenvalue weighted by Crippen LogP contribution is 2.07. The van der Waals surface area contributed by atoms with Crippen molar-refractivity contribution in [2.24, 2.45) is 0 Å². The van der Waals surface area contributed by atoms with Gasteiger partial charge in [-0.3, -0.25) is 4.79 Å². The standard InChI is InChI=1S/C10H20O2.C2H4O/c1-2-3-4-5-6-7-8-9-10(11)12;1-2-3/h2-9H2,1H3,(H,11,12);2H,1H3. The molecular formula is C12H24O3. The Hall–Kier alpha value is -0.860. The summed E-state index contributed by atoms with van der Waals surface area (Å²) in [4.78, 5) is 18.9. The molecule has 0 aromatic carbocycles. The second-order valence-corrected chi connectivity index (χ2v) is 3.50. The highest BCUT2D eigenvalue weighted by Gasteiger charge is 1.95. The molecule has 0 saturated carbocycles. The molecule has 1 N–H and O–H groups in total. The minimum atomic E-state index is -0.663. The Balaban J connectivity index is 0. The number of hydrogen-bond acceptors (Lipinski definition) is 2. The number of carbonyl (C=O) groups is 2. The van der Waals surface area contributed by atoms with E-state index in [4.69, 9.17) is 9.90 Å². The second kappa shape index (κ2) is 15.6. The number of carboxylic acids is 1. The van der Waals surface area contributed by atoms with Gasteiger partial charge < -0.3 is 9.90 Å². The van der Waals surface area contributed by atoms with Crippen LogP contribution in [0.25, 0.3) is 0 Å². The van der Waals surface area contributed by atoms with Gasteiger partial charge in [-0.05, 0) is 13.3 Å². The van der Waals surface area contributed by atoms with E-state index in [1.54, 1.807) is 0 Å². The third-order valence-corrected chi connectivity index (χ3v) is 1.99. The molecule has 0 aromatic rings. The first-order valence-corrected chi connectivity index (χ1v) is 5.80. The number of carbonyl (C=O) groups excluding carboxylic acids is 1. The summed E-state index contributed by atoms with van der Waals surface area (Å²) in [5, 5.41) is 8.35. The Morgan fingerprint density at radius 3 is 1.87 bits per heavy atom. The zero-order valence-electron chi connectivity index (χ0n) is 10.00. The summed E-state index contributed by atoms with van der Waals surface area (Å²) >= 11 is 0. The van der Waals surface area contributed by atoms with Crippen molar-refractivity contribution < 1.29 is 14.7 Å². The molecule has 3 nitrogen and oxygen atoms in total. The van der Waals surface area contributed by atoms with Crippen molar-refractivity contribution in [2.75, 3.05) is 0 Å². The highest BCUT2D eigenvalue weighted by molar-refractivity contribution is 5.66. The Kier molecular flexibility index (Phi) is 17.2. The van der Waals surface area contributed by atoms with Crippen LogP contribution in [0.5, 0.6) is 0 Å². The fourth-order valence-corrected chi connectivity index (χ4v) is 1.23. The van der Waals surface area contributed by atoms with E-state index in [1.165, 1.54) is 39.0 Å². The average molecular weight is 216 g/mol. The summed E-state index contributed by atoms with van der Waals surface area (Å²) < 4.78 is 0. The van der Waals surface area contributed by atoms with Crippen LogP contribution in [0.1, 0.15) is 65.2 Å². The third-order valence-electron chi connectivity index (χ3n) is 1.99. The van der Waals surface area contributed by atoms with Crippen LogP contribution in [-0.2, 0) is 9.59 Å². The molecule has 0 fully saturated rings. The Morgan fingerprint density at radius 1 is 1.07 bits per heavy atom. The second-order valence-electron chi connectivity index (χ2n) is 3.50. The predicted octanol–water partition coefficient (Wildman–Crippen LogP) is 3.42. The maximum atomic E-state index is 10.1. The molecule has 0 radical (unpaired) electrons. The van der Waals surface area contributed by atoms with Crippen molar-refractivity contribution in [3.63, 3.8) is 0 Å². The van der Waals surface area contributed by atoms with Crippen LogP contribution in [0.3, 0.4) is 0 Å². The van der Waals surface area contributed by atoms with Crippen LogP contribution >= 0.6 is 0 Å². The van der Waals surface area contributed by atoms with Gasteiger partial charge in [0.1, 0.15) is 6.29 Å². The Bertz CT molecular complexity index is 144. The van der Waals surface area contributed by atoms with Gasteiger partial charge in [-0.15, -0.1) is 0 Å². The minimum absolute atomic E-state index is 0.341. The molecule has 0 rings (SSSR count). The zero-order chi connectivity index (χ0) is 11.9. The van der Waals surface area contributed by atoms with Gasteiger partial charge in [0.2, 0.25) is 0 Å². The quantitative estimate of drug-likeness (QED) is 0.499. The molecule has 0 unspecified atom stereocenters. The maximum Gasteiger partial charge on any atom is 0.303 e. The largest absolute Gasteiger partial charge is 0.481 e. The lowest BCUT2D eigenvalue weighted by Gasteiger charge is -1.98. The number of rotatable bonds is 8. The summed E-state index contributed by atoms with van der Waals surface area (Å²) in [7, 11) is 0. The van der Waals surface area contributed by atoms with Crippen LogP contribution in [-0.4, -0.2) is 17.4 Å². The fourth-order valence-electron chi connectivity index (χ4n) is 1.23. The van der Waals surface area contributed by atoms with E-state index in [0.29, 0.717) is 6.42 Å². The van der Waals surface area contributed by atoms with Gasteiger partial charge in [0.15, 0.2) is 0 Å². The molecule has 0 saturated heterocycles. The Labute approximate surface area is 92.9 Å². The summed E-state index contributed by atoms with van der Waals surface area (Å²) in [6, 6.07) is 0. The molecule has 0 aliphatic carbocycles. The van der Waals surface area contributed by atoms with E-state index in [0.717, 1.165) is 19.1 Å². The van der Waals surface area contributed by atoms with Gasteiger partial charge in [-0.2, -0.15) is 0 Å². The molecule has 0 aliphatic heterocycles. The van der Waals surface area contributed by atoms with E-state index in [-0.39, 0.29) is 0 Å². The summed E-state index contributed by atoms with van der Waals surface area (Å²) in [5.74, 6) is -0.663. The van der Waals surface area contributed by atoms with Crippen molar-refractivity contribution in [2.45, 2.75) is 65.2 Å². The van der Waals surface area contributed by atoms with Crippen LogP contribution in [0.4, 0.5) is 0 Å². The number of carboxylic acid groups (broad SMARTS) is 1. The molecular weight excluding hydrogens is 192 g/mol. The molecule has 0 aliphatic rings. The summed E-state index contributed by atoms with van der Waals surface area (Å²) in [6.45, 7) is 3.64. The van der Waals surface area contributed by atoms with Gasteiger partial charge in [0.25, 0.3) is 0 Å². The number of unbranched alkanes of at least 4 members (excludes halogenated alkanes) is 6. The van der Waals surface area contributed by atoms with E-state index in [1.807, 2.05) is 0 Å². The van der Waals surface area contributed by atoms with Gasteiger partial charge >= 0.3 is 5.97 Å². The van der Waals surface area contributed by atoms with Crippen LogP contribution in [0.15, 0.2) is 0 Å². The molecule has 0 aromatic heterocycles. The van der Waals surface area contributed by atoms with Crippen LogP contribution in [0, 0.1) is 0 Å². The number of hydrogen-bond donors (Lipinski definition) is 1. The number of aldehydes is 1. The van der Waals surface area contributed by atoms with Gasteiger partial charge in [0, 0.05) is 6.42 Å². The molecule has 90 valence electrons. The van der Waals surface area contributed by atoms with Crippen molar-refractivity contribution >= 4 is 12.3 Å². The first-order valence-electron chi connectivity index (χ1n) is 5.80. The first kappa shape index (κ1) is 16.6. The van der Waals surface area contributed by atoms with Crippen molar-refractivity contribution in [1.29, 1.82) is 0 Å². The normalized spacial score (nSPS) is 8.93. The van der Waals surface area contributed by atoms with E-state index in [9.17, 15) is 4.79 Å². The maximum absolute atomic E-state index is 10.1. The van der Waals surface area contributed by atoms with Crippen LogP contribution in [0.2, 0.25) is 0 Å². The average Bonchev–Trinajstić information content (AvgIpc) is 2.17. The van der Waals surface area contributed by atoms with Crippen LogP contribution < -0.4 is 0 Å². The molecule has 15 heavy (non-hydrogen) atoms. The fraction of sp³-hybridized carbons (Fsp3) is 0.833. The van der Waals surface area contributed by atoms with Gasteiger partial charge in [-0.1, -0.05) is 45.4 Å². The molecule has 0 heterocycles. The molecule has 0 amide bonds. The van der Waals surface area contributed by atoms with E-state index in [2.05, 4.69) is 6.92 Å².